The van der Waals surface area contributed by atoms with Gasteiger partial charge in [0.2, 0.25) is 0 Å². The maximum Gasteiger partial charge on any atom is 0.140 e. The number of fused-ring (bicyclic) bond motifs is 1. The summed E-state index contributed by atoms with van der Waals surface area (Å²) in [6.07, 6.45) is 13.7. The molecule has 28 heavy (non-hydrogen) atoms. The monoisotopic (exact) mass is 378 g/mol. The van der Waals surface area contributed by atoms with Crippen molar-refractivity contribution in [1.82, 2.24) is 4.90 Å². The maximum atomic E-state index is 5.26. The minimum atomic E-state index is 0.620. The molecule has 0 amide bonds. The van der Waals surface area contributed by atoms with Gasteiger partial charge in [0.25, 0.3) is 0 Å². The molecule has 152 valence electrons. The van der Waals surface area contributed by atoms with E-state index in [4.69, 9.17) is 4.99 Å². The van der Waals surface area contributed by atoms with E-state index in [2.05, 4.69) is 45.4 Å². The zero-order chi connectivity index (χ0) is 20.3. The largest absolute Gasteiger partial charge is 0.303 e. The summed E-state index contributed by atoms with van der Waals surface area (Å²) < 4.78 is 0. The highest BCUT2D eigenvalue weighted by molar-refractivity contribution is 6.02. The molecule has 0 bridgehead atoms. The molecule has 0 aromatic carbocycles. The zero-order valence-corrected chi connectivity index (χ0v) is 18.3. The van der Waals surface area contributed by atoms with Crippen molar-refractivity contribution in [3.8, 4) is 0 Å². The number of hydrogen-bond acceptors (Lipinski definition) is 2. The van der Waals surface area contributed by atoms with Gasteiger partial charge >= 0.3 is 0 Å². The van der Waals surface area contributed by atoms with E-state index in [1.54, 1.807) is 0 Å². The molecular weight excluding hydrogens is 340 g/mol. The van der Waals surface area contributed by atoms with Crippen LogP contribution in [0.15, 0.2) is 64.7 Å². The summed E-state index contributed by atoms with van der Waals surface area (Å²) in [5.74, 6) is 2.48. The van der Waals surface area contributed by atoms with Crippen LogP contribution in [0.25, 0.3) is 0 Å². The Balaban J connectivity index is 2.08. The molecule has 2 saturated carbocycles. The van der Waals surface area contributed by atoms with Gasteiger partial charge in [-0.1, -0.05) is 51.7 Å². The van der Waals surface area contributed by atoms with Crippen LogP contribution in [-0.4, -0.2) is 10.6 Å². The van der Waals surface area contributed by atoms with Gasteiger partial charge in [-0.25, -0.2) is 4.99 Å². The minimum absolute atomic E-state index is 0.620. The topological polar surface area (TPSA) is 15.6 Å². The van der Waals surface area contributed by atoms with Gasteiger partial charge in [0.15, 0.2) is 0 Å². The number of aliphatic imine (C=N–C) groups is 1. The molecule has 0 N–H and O–H groups in total. The van der Waals surface area contributed by atoms with Gasteiger partial charge < -0.3 is 4.90 Å². The average molecular weight is 379 g/mol. The Morgan fingerprint density at radius 1 is 1.18 bits per heavy atom. The quantitative estimate of drug-likeness (QED) is 0.395. The van der Waals surface area contributed by atoms with Crippen LogP contribution in [0.2, 0.25) is 0 Å². The number of allylic oxidation sites excluding steroid dienone is 5. The molecule has 0 spiro atoms. The van der Waals surface area contributed by atoms with Gasteiger partial charge in [0.1, 0.15) is 5.82 Å². The zero-order valence-electron chi connectivity index (χ0n) is 18.3. The molecule has 0 aromatic heterocycles. The summed E-state index contributed by atoms with van der Waals surface area (Å²) in [6.45, 7) is 19.7. The summed E-state index contributed by atoms with van der Waals surface area (Å²) in [7, 11) is 0. The van der Waals surface area contributed by atoms with Crippen LogP contribution in [0.3, 0.4) is 0 Å². The molecule has 0 aromatic rings. The molecule has 0 radical (unpaired) electrons. The van der Waals surface area contributed by atoms with Gasteiger partial charge in [0.05, 0.1) is 0 Å². The molecule has 1 aliphatic heterocycles. The standard InChI is InChI=1S/C26H38N2/c1-7-9-10-20(6)17-25-23-15-11-19(5)12-16-24(23)27-26(28(25)18(3)4)22(8-2)21-13-14-21/h8,19,21H,2-3,6-7,9-17H2,1,4-5H3. The first kappa shape index (κ1) is 20.9. The summed E-state index contributed by atoms with van der Waals surface area (Å²) in [6, 6.07) is 0. The van der Waals surface area contributed by atoms with Crippen molar-refractivity contribution in [3.05, 3.63) is 59.7 Å². The number of rotatable bonds is 8. The Labute approximate surface area is 172 Å². The minimum Gasteiger partial charge on any atom is -0.303 e. The fraction of sp³-hybridized carbons (Fsp3) is 0.577. The Kier molecular flexibility index (Phi) is 6.80. The van der Waals surface area contributed by atoms with Crippen LogP contribution in [0.4, 0.5) is 0 Å². The molecule has 2 aliphatic carbocycles. The molecule has 3 rings (SSSR count). The first-order valence-corrected chi connectivity index (χ1v) is 11.2. The summed E-state index contributed by atoms with van der Waals surface area (Å²) in [4.78, 5) is 7.60. The van der Waals surface area contributed by atoms with E-state index in [0.717, 1.165) is 43.1 Å². The Morgan fingerprint density at radius 2 is 1.89 bits per heavy atom. The highest BCUT2D eigenvalue weighted by Gasteiger charge is 2.34. The molecule has 1 atom stereocenters. The lowest BCUT2D eigenvalue weighted by Crippen LogP contribution is -2.29. The van der Waals surface area contributed by atoms with Gasteiger partial charge in [0, 0.05) is 23.5 Å². The Hall–Kier alpha value is -1.83. The molecule has 3 aliphatic rings. The van der Waals surface area contributed by atoms with Gasteiger partial charge in [-0.3, -0.25) is 0 Å². The third-order valence-electron chi connectivity index (χ3n) is 6.36. The highest BCUT2D eigenvalue weighted by atomic mass is 15.3. The van der Waals surface area contributed by atoms with Crippen molar-refractivity contribution in [1.29, 1.82) is 0 Å². The van der Waals surface area contributed by atoms with Gasteiger partial charge in [-0.2, -0.15) is 0 Å². The summed E-state index contributed by atoms with van der Waals surface area (Å²) >= 11 is 0. The predicted molar refractivity (Wildman–Crippen MR) is 122 cm³/mol. The van der Waals surface area contributed by atoms with Crippen LogP contribution in [0, 0.1) is 11.8 Å². The second-order valence-electron chi connectivity index (χ2n) is 9.02. The molecule has 1 heterocycles. The molecule has 2 heteroatoms. The fourth-order valence-electron chi connectivity index (χ4n) is 4.47. The van der Waals surface area contributed by atoms with Crippen LogP contribution in [0.5, 0.6) is 0 Å². The molecular formula is C26H38N2. The van der Waals surface area contributed by atoms with Crippen LogP contribution in [-0.2, 0) is 0 Å². The van der Waals surface area contributed by atoms with E-state index in [9.17, 15) is 0 Å². The highest BCUT2D eigenvalue weighted by Crippen LogP contribution is 2.44. The Bertz CT molecular complexity index is 742. The first-order valence-electron chi connectivity index (χ1n) is 11.2. The summed E-state index contributed by atoms with van der Waals surface area (Å²) in [5, 5.41) is 0. The lowest BCUT2D eigenvalue weighted by atomic mass is 9.93. The van der Waals surface area contributed by atoms with Crippen LogP contribution < -0.4 is 0 Å². The Morgan fingerprint density at radius 3 is 2.50 bits per heavy atom. The first-order chi connectivity index (χ1) is 13.5. The second kappa shape index (κ2) is 9.11. The SMILES string of the molecule is C=CC(=C1N=C2CCC(C)CCC2=C(CC(=C)CCCC)N1C(=C)C)C1CC1. The third-order valence-corrected chi connectivity index (χ3v) is 6.36. The molecule has 0 saturated heterocycles. The maximum absolute atomic E-state index is 5.26. The van der Waals surface area contributed by atoms with Crippen molar-refractivity contribution >= 4 is 5.71 Å². The van der Waals surface area contributed by atoms with Crippen molar-refractivity contribution < 1.29 is 0 Å². The van der Waals surface area contributed by atoms with E-state index in [-0.39, 0.29) is 0 Å². The lowest BCUT2D eigenvalue weighted by molar-refractivity contribution is 0.481. The smallest absolute Gasteiger partial charge is 0.140 e. The van der Waals surface area contributed by atoms with Crippen molar-refractivity contribution in [2.24, 2.45) is 16.8 Å². The molecule has 1 unspecified atom stereocenters. The number of hydrogen-bond donors (Lipinski definition) is 0. The van der Waals surface area contributed by atoms with Crippen LogP contribution >= 0.6 is 0 Å². The van der Waals surface area contributed by atoms with E-state index < -0.39 is 0 Å². The molecule has 2 nitrogen and oxygen atoms in total. The predicted octanol–water partition coefficient (Wildman–Crippen LogP) is 7.68. The normalized spacial score (nSPS) is 24.3. The second-order valence-corrected chi connectivity index (χ2v) is 9.02. The third kappa shape index (κ3) is 4.59. The van der Waals surface area contributed by atoms with E-state index in [0.29, 0.717) is 5.92 Å². The fourth-order valence-corrected chi connectivity index (χ4v) is 4.47. The van der Waals surface area contributed by atoms with Crippen molar-refractivity contribution in [2.75, 3.05) is 0 Å². The summed E-state index contributed by atoms with van der Waals surface area (Å²) in [5.41, 5.74) is 7.87. The van der Waals surface area contributed by atoms with Crippen LogP contribution in [0.1, 0.15) is 85.0 Å². The van der Waals surface area contributed by atoms with E-state index in [1.165, 1.54) is 66.7 Å². The van der Waals surface area contributed by atoms with Crippen molar-refractivity contribution in [2.45, 2.75) is 85.0 Å². The lowest BCUT2D eigenvalue weighted by Gasteiger charge is -2.36. The van der Waals surface area contributed by atoms with E-state index >= 15 is 0 Å². The van der Waals surface area contributed by atoms with E-state index in [1.807, 2.05) is 6.08 Å². The van der Waals surface area contributed by atoms with Gasteiger partial charge in [-0.15, -0.1) is 0 Å². The van der Waals surface area contributed by atoms with Gasteiger partial charge in [-0.05, 0) is 81.3 Å². The molecule has 2 fully saturated rings. The number of nitrogens with zero attached hydrogens (tertiary/aromatic N) is 2. The van der Waals surface area contributed by atoms with Crippen molar-refractivity contribution in [3.63, 3.8) is 0 Å². The number of unbranched alkanes of at least 4 members (excludes halogenated alkanes) is 1. The average Bonchev–Trinajstić information content (AvgIpc) is 3.49.